The molecule has 4 nitrogen and oxygen atoms in total. The van der Waals surface area contributed by atoms with Crippen LogP contribution in [0.5, 0.6) is 0 Å². The van der Waals surface area contributed by atoms with Crippen molar-refractivity contribution in [3.63, 3.8) is 0 Å². The number of nitrogens with zero attached hydrogens (tertiary/aromatic N) is 2. The van der Waals surface area contributed by atoms with Gasteiger partial charge in [-0.2, -0.15) is 0 Å². The molecule has 0 bridgehead atoms. The van der Waals surface area contributed by atoms with E-state index in [1.807, 2.05) is 7.05 Å². The minimum Gasteiger partial charge on any atom is -0.378 e. The van der Waals surface area contributed by atoms with Crippen LogP contribution in [0.1, 0.15) is 28.6 Å². The first-order chi connectivity index (χ1) is 10.2. The van der Waals surface area contributed by atoms with Gasteiger partial charge in [0.2, 0.25) is 0 Å². The number of rotatable bonds is 4. The van der Waals surface area contributed by atoms with Crippen molar-refractivity contribution in [2.45, 2.75) is 25.4 Å². The molecular weight excluding hydrogens is 330 g/mol. The maximum atomic E-state index is 5.24. The molecule has 1 aromatic heterocycles. The third-order valence-corrected chi connectivity index (χ3v) is 4.70. The molecule has 0 radical (unpaired) electrons. The first kappa shape index (κ1) is 14.5. The quantitative estimate of drug-likeness (QED) is 0.921. The van der Waals surface area contributed by atoms with Gasteiger partial charge < -0.3 is 10.1 Å². The molecule has 21 heavy (non-hydrogen) atoms. The smallest absolute Gasteiger partial charge is 0.144 e. The Morgan fingerprint density at radius 2 is 1.90 bits per heavy atom. The zero-order valence-electron chi connectivity index (χ0n) is 12.2. The predicted molar refractivity (Wildman–Crippen MR) is 86.6 cm³/mol. The van der Waals surface area contributed by atoms with Gasteiger partial charge >= 0.3 is 0 Å². The van der Waals surface area contributed by atoms with Crippen LogP contribution < -0.4 is 5.32 Å². The van der Waals surface area contributed by atoms with E-state index in [1.165, 1.54) is 11.1 Å². The Morgan fingerprint density at radius 1 is 1.24 bits per heavy atom. The molecule has 0 spiro atoms. The predicted octanol–water partition coefficient (Wildman–Crippen LogP) is 3.31. The number of nitrogens with one attached hydrogen (secondary N) is 1. The van der Waals surface area contributed by atoms with Crippen LogP contribution in [0, 0.1) is 0 Å². The van der Waals surface area contributed by atoms with Gasteiger partial charge in [-0.3, -0.25) is 0 Å². The first-order valence-electron chi connectivity index (χ1n) is 7.02. The SMILES string of the molecule is CNc1nc(C2Cc3ccccc3C2)nc(COC)c1Br. The molecule has 1 N–H and O–H groups in total. The molecule has 0 saturated heterocycles. The number of benzene rings is 1. The molecule has 1 heterocycles. The van der Waals surface area contributed by atoms with Crippen LogP contribution >= 0.6 is 15.9 Å². The molecule has 1 aromatic carbocycles. The average molecular weight is 348 g/mol. The summed E-state index contributed by atoms with van der Waals surface area (Å²) in [6.07, 6.45) is 2.01. The Labute approximate surface area is 133 Å². The van der Waals surface area contributed by atoms with E-state index < -0.39 is 0 Å². The van der Waals surface area contributed by atoms with Crippen LogP contribution in [0.4, 0.5) is 5.82 Å². The van der Waals surface area contributed by atoms with E-state index in [0.29, 0.717) is 12.5 Å². The zero-order chi connectivity index (χ0) is 14.8. The van der Waals surface area contributed by atoms with Gasteiger partial charge in [-0.1, -0.05) is 24.3 Å². The Bertz CT molecular complexity index is 635. The Balaban J connectivity index is 1.95. The molecule has 1 aliphatic rings. The number of aromatic nitrogens is 2. The topological polar surface area (TPSA) is 47.0 Å². The molecule has 2 aromatic rings. The van der Waals surface area contributed by atoms with Gasteiger partial charge in [-0.05, 0) is 39.9 Å². The zero-order valence-corrected chi connectivity index (χ0v) is 13.8. The number of hydrogen-bond acceptors (Lipinski definition) is 4. The molecule has 0 atom stereocenters. The standard InChI is InChI=1S/C16H18BrN3O/c1-18-16-14(17)13(9-21-2)19-15(20-16)12-7-10-5-3-4-6-11(10)8-12/h3-6,12H,7-9H2,1-2H3,(H,18,19,20). The molecule has 0 saturated carbocycles. The third-order valence-electron chi connectivity index (χ3n) is 3.87. The Hall–Kier alpha value is -1.46. The monoisotopic (exact) mass is 347 g/mol. The fraction of sp³-hybridized carbons (Fsp3) is 0.375. The van der Waals surface area contributed by atoms with Gasteiger partial charge in [0.05, 0.1) is 16.8 Å². The van der Waals surface area contributed by atoms with E-state index in [9.17, 15) is 0 Å². The largest absolute Gasteiger partial charge is 0.378 e. The van der Waals surface area contributed by atoms with Crippen molar-refractivity contribution in [2.75, 3.05) is 19.5 Å². The van der Waals surface area contributed by atoms with E-state index in [0.717, 1.165) is 34.7 Å². The molecule has 110 valence electrons. The fourth-order valence-electron chi connectivity index (χ4n) is 2.83. The second-order valence-electron chi connectivity index (χ2n) is 5.25. The van der Waals surface area contributed by atoms with Gasteiger partial charge in [0.1, 0.15) is 11.6 Å². The molecule has 1 aliphatic carbocycles. The minimum absolute atomic E-state index is 0.346. The van der Waals surface area contributed by atoms with Crippen LogP contribution in [0.25, 0.3) is 0 Å². The summed E-state index contributed by atoms with van der Waals surface area (Å²) in [6.45, 7) is 0.477. The number of methoxy groups -OCH3 is 1. The van der Waals surface area contributed by atoms with Crippen LogP contribution in [0.3, 0.4) is 0 Å². The lowest BCUT2D eigenvalue weighted by Crippen LogP contribution is -2.11. The first-order valence-corrected chi connectivity index (χ1v) is 7.82. The maximum Gasteiger partial charge on any atom is 0.144 e. The van der Waals surface area contributed by atoms with Crippen LogP contribution in [-0.4, -0.2) is 24.1 Å². The van der Waals surface area contributed by atoms with Crippen molar-refractivity contribution in [1.82, 2.24) is 9.97 Å². The fourth-order valence-corrected chi connectivity index (χ4v) is 3.32. The summed E-state index contributed by atoms with van der Waals surface area (Å²) < 4.78 is 6.12. The van der Waals surface area contributed by atoms with Crippen molar-refractivity contribution >= 4 is 21.7 Å². The second-order valence-corrected chi connectivity index (χ2v) is 6.04. The van der Waals surface area contributed by atoms with E-state index in [2.05, 4.69) is 50.5 Å². The molecule has 5 heteroatoms. The number of halogens is 1. The minimum atomic E-state index is 0.346. The van der Waals surface area contributed by atoms with Crippen LogP contribution in [0.2, 0.25) is 0 Å². The van der Waals surface area contributed by atoms with Crippen LogP contribution in [-0.2, 0) is 24.2 Å². The average Bonchev–Trinajstić information content (AvgIpc) is 2.93. The van der Waals surface area contributed by atoms with Gasteiger partial charge in [0.25, 0.3) is 0 Å². The number of anilines is 1. The molecule has 0 fully saturated rings. The lowest BCUT2D eigenvalue weighted by atomic mass is 10.1. The highest BCUT2D eigenvalue weighted by molar-refractivity contribution is 9.10. The molecule has 3 rings (SSSR count). The summed E-state index contributed by atoms with van der Waals surface area (Å²) in [7, 11) is 3.55. The van der Waals surface area contributed by atoms with Gasteiger partial charge in [-0.25, -0.2) is 9.97 Å². The van der Waals surface area contributed by atoms with Crippen molar-refractivity contribution in [3.8, 4) is 0 Å². The molecule has 0 unspecified atom stereocenters. The van der Waals surface area contributed by atoms with Crippen molar-refractivity contribution in [1.29, 1.82) is 0 Å². The van der Waals surface area contributed by atoms with Gasteiger partial charge in [0.15, 0.2) is 0 Å². The van der Waals surface area contributed by atoms with Crippen molar-refractivity contribution < 1.29 is 4.74 Å². The lowest BCUT2D eigenvalue weighted by Gasteiger charge is -2.14. The summed E-state index contributed by atoms with van der Waals surface area (Å²) in [5.41, 5.74) is 3.71. The van der Waals surface area contributed by atoms with E-state index in [-0.39, 0.29) is 0 Å². The van der Waals surface area contributed by atoms with E-state index in [4.69, 9.17) is 9.72 Å². The summed E-state index contributed by atoms with van der Waals surface area (Å²) in [6, 6.07) is 8.59. The Kier molecular flexibility index (Phi) is 4.22. The normalized spacial score (nSPS) is 14.2. The third kappa shape index (κ3) is 2.80. The number of hydrogen-bond donors (Lipinski definition) is 1. The second kappa shape index (κ2) is 6.12. The van der Waals surface area contributed by atoms with E-state index >= 15 is 0 Å². The molecule has 0 amide bonds. The summed E-state index contributed by atoms with van der Waals surface area (Å²) >= 11 is 3.55. The van der Waals surface area contributed by atoms with Crippen LogP contribution in [0.15, 0.2) is 28.7 Å². The highest BCUT2D eigenvalue weighted by Crippen LogP contribution is 2.34. The number of fused-ring (bicyclic) bond motifs is 1. The Morgan fingerprint density at radius 3 is 2.48 bits per heavy atom. The van der Waals surface area contributed by atoms with Crippen molar-refractivity contribution in [3.05, 3.63) is 51.4 Å². The van der Waals surface area contributed by atoms with E-state index in [1.54, 1.807) is 7.11 Å². The lowest BCUT2D eigenvalue weighted by molar-refractivity contribution is 0.180. The highest BCUT2D eigenvalue weighted by atomic mass is 79.9. The summed E-state index contributed by atoms with van der Waals surface area (Å²) in [5.74, 6) is 2.06. The van der Waals surface area contributed by atoms with Gasteiger partial charge in [0, 0.05) is 20.1 Å². The summed E-state index contributed by atoms with van der Waals surface area (Å²) in [5, 5.41) is 3.13. The molecule has 0 aliphatic heterocycles. The highest BCUT2D eigenvalue weighted by Gasteiger charge is 2.26. The maximum absolute atomic E-state index is 5.24. The number of ether oxygens (including phenoxy) is 1. The molecular formula is C16H18BrN3O. The van der Waals surface area contributed by atoms with Crippen molar-refractivity contribution in [2.24, 2.45) is 0 Å². The van der Waals surface area contributed by atoms with Gasteiger partial charge in [-0.15, -0.1) is 0 Å². The summed E-state index contributed by atoms with van der Waals surface area (Å²) in [4.78, 5) is 9.39.